The molecule has 3 aromatic rings. The van der Waals surface area contributed by atoms with E-state index in [0.717, 1.165) is 11.1 Å². The average molecular weight is 426 g/mol. The van der Waals surface area contributed by atoms with Crippen LogP contribution in [0.5, 0.6) is 5.75 Å². The second kappa shape index (κ2) is 8.59. The zero-order valence-electron chi connectivity index (χ0n) is 17.7. The van der Waals surface area contributed by atoms with E-state index in [1.807, 2.05) is 60.7 Å². The quantitative estimate of drug-likeness (QED) is 0.571. The molecule has 1 aliphatic rings. The van der Waals surface area contributed by atoms with Crippen LogP contribution in [0.3, 0.4) is 0 Å². The number of carbonyl (C=O) groups is 3. The number of phenols is 1. The summed E-state index contributed by atoms with van der Waals surface area (Å²) >= 11 is 0. The van der Waals surface area contributed by atoms with Crippen LogP contribution in [-0.4, -0.2) is 28.4 Å². The maximum atomic E-state index is 12.6. The van der Waals surface area contributed by atoms with E-state index in [2.05, 4.69) is 10.3 Å². The van der Waals surface area contributed by atoms with E-state index in [1.54, 1.807) is 12.1 Å². The Labute approximate surface area is 185 Å². The molecule has 2 unspecified atom stereocenters. The van der Waals surface area contributed by atoms with Gasteiger partial charge in [-0.3, -0.25) is 9.59 Å². The van der Waals surface area contributed by atoms with Gasteiger partial charge in [0.05, 0.1) is 28.8 Å². The van der Waals surface area contributed by atoms with Crippen molar-refractivity contribution in [1.29, 1.82) is 0 Å². The fourth-order valence-corrected chi connectivity index (χ4v) is 4.10. The fourth-order valence-electron chi connectivity index (χ4n) is 4.10. The number of phenolic OH excluding ortho intramolecular Hbond substituents is 1. The van der Waals surface area contributed by atoms with Gasteiger partial charge in [-0.2, -0.15) is 4.99 Å². The van der Waals surface area contributed by atoms with E-state index in [-0.39, 0.29) is 34.4 Å². The predicted octanol–water partition coefficient (Wildman–Crippen LogP) is 4.83. The van der Waals surface area contributed by atoms with E-state index < -0.39 is 12.1 Å². The highest BCUT2D eigenvalue weighted by Crippen LogP contribution is 2.39. The molecule has 0 spiro atoms. The van der Waals surface area contributed by atoms with E-state index in [9.17, 15) is 19.5 Å². The van der Waals surface area contributed by atoms with Gasteiger partial charge in [-0.05, 0) is 42.7 Å². The van der Waals surface area contributed by atoms with Crippen LogP contribution in [-0.2, 0) is 0 Å². The number of amides is 2. The normalized spacial score (nSPS) is 17.9. The smallest absolute Gasteiger partial charge is 0.341 e. The van der Waals surface area contributed by atoms with E-state index >= 15 is 0 Å². The van der Waals surface area contributed by atoms with Gasteiger partial charge in [0.25, 0.3) is 0 Å². The van der Waals surface area contributed by atoms with Gasteiger partial charge in [-0.1, -0.05) is 60.7 Å². The molecule has 1 aliphatic heterocycles. The number of aromatic hydroxyl groups is 1. The first-order chi connectivity index (χ1) is 15.4. The Hall–Kier alpha value is -4.06. The van der Waals surface area contributed by atoms with Crippen LogP contribution in [0.25, 0.3) is 0 Å². The first-order valence-corrected chi connectivity index (χ1v) is 10.2. The van der Waals surface area contributed by atoms with Crippen molar-refractivity contribution in [3.8, 4) is 5.75 Å². The largest absolute Gasteiger partial charge is 0.506 e. The van der Waals surface area contributed by atoms with Crippen LogP contribution in [0.1, 0.15) is 63.2 Å². The summed E-state index contributed by atoms with van der Waals surface area (Å²) in [4.78, 5) is 41.3. The number of hydrogen-bond acceptors (Lipinski definition) is 4. The number of aliphatic imine (C=N–C) groups is 1. The molecule has 0 saturated carbocycles. The summed E-state index contributed by atoms with van der Waals surface area (Å²) in [6.07, 6.45) is 0. The number of benzene rings is 3. The standard InChI is InChI=1S/C26H22N2O4/c1-15(29)20-13-19(14-21(16(2)30)25(20)31)24-22(17-9-5-3-6-10-17)23(27-26(32)28-24)18-11-7-4-8-12-18/h3-14,22,24,31H,1-2H3,(H,28,32). The maximum Gasteiger partial charge on any atom is 0.341 e. The highest BCUT2D eigenvalue weighted by atomic mass is 16.3. The highest BCUT2D eigenvalue weighted by Gasteiger charge is 2.36. The zero-order chi connectivity index (χ0) is 22.8. The van der Waals surface area contributed by atoms with Gasteiger partial charge in [0.15, 0.2) is 11.6 Å². The van der Waals surface area contributed by atoms with Crippen molar-refractivity contribution in [1.82, 2.24) is 5.32 Å². The van der Waals surface area contributed by atoms with Gasteiger partial charge in [0.1, 0.15) is 5.75 Å². The Kier molecular flexibility index (Phi) is 5.69. The lowest BCUT2D eigenvalue weighted by atomic mass is 9.79. The van der Waals surface area contributed by atoms with Crippen LogP contribution >= 0.6 is 0 Å². The first-order valence-electron chi connectivity index (χ1n) is 10.2. The van der Waals surface area contributed by atoms with E-state index in [0.29, 0.717) is 11.3 Å². The molecule has 2 N–H and O–H groups in total. The topological polar surface area (TPSA) is 95.8 Å². The van der Waals surface area contributed by atoms with Crippen LogP contribution in [0.4, 0.5) is 4.79 Å². The minimum Gasteiger partial charge on any atom is -0.506 e. The molecule has 0 fully saturated rings. The third kappa shape index (κ3) is 3.95. The van der Waals surface area contributed by atoms with Crippen molar-refractivity contribution in [2.24, 2.45) is 4.99 Å². The second-order valence-corrected chi connectivity index (χ2v) is 7.76. The highest BCUT2D eigenvalue weighted by molar-refractivity contribution is 6.12. The molecule has 0 saturated heterocycles. The Bertz CT molecular complexity index is 1200. The monoisotopic (exact) mass is 426 g/mol. The molecule has 0 radical (unpaired) electrons. The number of nitrogens with zero attached hydrogens (tertiary/aromatic N) is 1. The van der Waals surface area contributed by atoms with Crippen LogP contribution < -0.4 is 5.32 Å². The van der Waals surface area contributed by atoms with Gasteiger partial charge in [0, 0.05) is 0 Å². The zero-order valence-corrected chi connectivity index (χ0v) is 17.7. The Morgan fingerprint density at radius 2 is 1.38 bits per heavy atom. The molecule has 160 valence electrons. The minimum atomic E-state index is -0.602. The summed E-state index contributed by atoms with van der Waals surface area (Å²) in [5.41, 5.74) is 2.94. The van der Waals surface area contributed by atoms with Gasteiger partial charge >= 0.3 is 6.03 Å². The van der Waals surface area contributed by atoms with Crippen molar-refractivity contribution in [3.63, 3.8) is 0 Å². The number of urea groups is 1. The summed E-state index contributed by atoms with van der Waals surface area (Å²) in [5.74, 6) is -1.46. The number of Topliss-reactive ketones (excluding diaryl/α,β-unsaturated/α-hetero) is 2. The Balaban J connectivity index is 1.95. The van der Waals surface area contributed by atoms with Gasteiger partial charge < -0.3 is 10.4 Å². The molecule has 2 amide bonds. The van der Waals surface area contributed by atoms with Crippen LogP contribution in [0.2, 0.25) is 0 Å². The summed E-state index contributed by atoms with van der Waals surface area (Å²) in [6, 6.07) is 21.0. The van der Waals surface area contributed by atoms with Crippen molar-refractivity contribution in [3.05, 3.63) is 101 Å². The second-order valence-electron chi connectivity index (χ2n) is 7.76. The van der Waals surface area contributed by atoms with Gasteiger partial charge in [-0.15, -0.1) is 0 Å². The maximum absolute atomic E-state index is 12.6. The minimum absolute atomic E-state index is 0.0394. The Morgan fingerprint density at radius 1 is 0.844 bits per heavy atom. The lowest BCUT2D eigenvalue weighted by Gasteiger charge is -2.33. The fraction of sp³-hybridized carbons (Fsp3) is 0.154. The van der Waals surface area contributed by atoms with Crippen molar-refractivity contribution in [2.45, 2.75) is 25.8 Å². The summed E-state index contributed by atoms with van der Waals surface area (Å²) in [5, 5.41) is 13.4. The third-order valence-electron chi connectivity index (χ3n) is 5.61. The van der Waals surface area contributed by atoms with Crippen molar-refractivity contribution >= 4 is 23.3 Å². The molecule has 0 bridgehead atoms. The number of hydrogen-bond donors (Lipinski definition) is 2. The van der Waals surface area contributed by atoms with Crippen LogP contribution in [0, 0.1) is 0 Å². The first kappa shape index (κ1) is 21.2. The third-order valence-corrected chi connectivity index (χ3v) is 5.61. The molecule has 0 aromatic heterocycles. The van der Waals surface area contributed by atoms with E-state index in [4.69, 9.17) is 0 Å². The molecular formula is C26H22N2O4. The summed E-state index contributed by atoms with van der Waals surface area (Å²) < 4.78 is 0. The molecule has 6 nitrogen and oxygen atoms in total. The molecule has 2 atom stereocenters. The van der Waals surface area contributed by atoms with Gasteiger partial charge in [-0.25, -0.2) is 4.79 Å². The average Bonchev–Trinajstić information content (AvgIpc) is 2.79. The lowest BCUT2D eigenvalue weighted by molar-refractivity contribution is 0.101. The number of carbonyl (C=O) groups excluding carboxylic acids is 3. The summed E-state index contributed by atoms with van der Waals surface area (Å²) in [7, 11) is 0. The molecule has 4 rings (SSSR count). The SMILES string of the molecule is CC(=O)c1cc(C2NC(=O)N=C(c3ccccc3)C2c2ccccc2)cc(C(C)=O)c1O. The van der Waals surface area contributed by atoms with Crippen LogP contribution in [0.15, 0.2) is 77.8 Å². The molecule has 6 heteroatoms. The van der Waals surface area contributed by atoms with Crippen molar-refractivity contribution < 1.29 is 19.5 Å². The molecule has 32 heavy (non-hydrogen) atoms. The molecule has 0 aliphatic carbocycles. The lowest BCUT2D eigenvalue weighted by Crippen LogP contribution is -2.40. The Morgan fingerprint density at radius 3 is 1.91 bits per heavy atom. The number of ketones is 2. The summed E-state index contributed by atoms with van der Waals surface area (Å²) in [6.45, 7) is 2.65. The van der Waals surface area contributed by atoms with Gasteiger partial charge in [0.2, 0.25) is 0 Å². The molecule has 1 heterocycles. The molecular weight excluding hydrogens is 404 g/mol. The molecule has 3 aromatic carbocycles. The number of nitrogens with one attached hydrogen (secondary N) is 1. The van der Waals surface area contributed by atoms with Crippen molar-refractivity contribution in [2.75, 3.05) is 0 Å². The number of rotatable bonds is 5. The van der Waals surface area contributed by atoms with E-state index in [1.165, 1.54) is 13.8 Å². The predicted molar refractivity (Wildman–Crippen MR) is 122 cm³/mol.